The van der Waals surface area contributed by atoms with Crippen LogP contribution in [0.4, 0.5) is 0 Å². The molecule has 152 valence electrons. The molecule has 0 spiro atoms. The van der Waals surface area contributed by atoms with E-state index in [1.54, 1.807) is 0 Å². The summed E-state index contributed by atoms with van der Waals surface area (Å²) in [5.74, 6) is -0.542. The van der Waals surface area contributed by atoms with Crippen molar-refractivity contribution in [2.75, 3.05) is 13.2 Å². The second-order valence-electron chi connectivity index (χ2n) is 6.30. The number of carbonyl (C=O) groups excluding carboxylic acids is 1. The van der Waals surface area contributed by atoms with Crippen LogP contribution in [0.15, 0.2) is 0 Å². The van der Waals surface area contributed by atoms with E-state index in [1.807, 2.05) is 0 Å². The fourth-order valence-corrected chi connectivity index (χ4v) is 2.87. The van der Waals surface area contributed by atoms with E-state index in [9.17, 15) is 35.4 Å². The number of aliphatic hydroxyl groups is 7. The maximum Gasteiger partial charge on any atom is 0.217 e. The largest absolute Gasteiger partial charge is 0.394 e. The predicted octanol–water partition coefficient (Wildman–Crippen LogP) is -5.25. The summed E-state index contributed by atoms with van der Waals surface area (Å²) in [6.45, 7) is 0.0636. The van der Waals surface area contributed by atoms with E-state index < -0.39 is 80.5 Å². The van der Waals surface area contributed by atoms with Gasteiger partial charge in [-0.05, 0) is 0 Å². The van der Waals surface area contributed by atoms with Gasteiger partial charge in [0.1, 0.15) is 48.8 Å². The first-order chi connectivity index (χ1) is 12.2. The van der Waals surface area contributed by atoms with Gasteiger partial charge in [0.2, 0.25) is 5.91 Å². The second-order valence-corrected chi connectivity index (χ2v) is 6.30. The molecule has 0 aromatic rings. The molecule has 2 heterocycles. The minimum Gasteiger partial charge on any atom is -0.394 e. The Labute approximate surface area is 148 Å². The number of aliphatic hydroxyl groups excluding tert-OH is 7. The molecule has 26 heavy (non-hydrogen) atoms. The average molecular weight is 383 g/mol. The van der Waals surface area contributed by atoms with Gasteiger partial charge in [0.05, 0.1) is 13.2 Å². The van der Waals surface area contributed by atoms with Crippen molar-refractivity contribution < 1.29 is 54.8 Å². The molecule has 1 amide bonds. The molecule has 0 aromatic heterocycles. The number of nitrogens with one attached hydrogen (secondary N) is 1. The first-order valence-electron chi connectivity index (χ1n) is 8.06. The van der Waals surface area contributed by atoms with Gasteiger partial charge in [-0.2, -0.15) is 0 Å². The number of rotatable bonds is 5. The zero-order chi connectivity index (χ0) is 19.6. The minimum atomic E-state index is -1.64. The van der Waals surface area contributed by atoms with Gasteiger partial charge < -0.3 is 55.3 Å². The summed E-state index contributed by atoms with van der Waals surface area (Å²) < 4.78 is 15.5. The van der Waals surface area contributed by atoms with Crippen LogP contribution in [0.1, 0.15) is 6.92 Å². The third-order valence-electron chi connectivity index (χ3n) is 4.36. The molecular formula is C14H25NO11. The van der Waals surface area contributed by atoms with Gasteiger partial charge in [0.25, 0.3) is 0 Å². The van der Waals surface area contributed by atoms with Crippen LogP contribution in [0.5, 0.6) is 0 Å². The van der Waals surface area contributed by atoms with Gasteiger partial charge >= 0.3 is 0 Å². The molecule has 12 nitrogen and oxygen atoms in total. The number of hydrogen-bond acceptors (Lipinski definition) is 11. The topological polar surface area (TPSA) is 198 Å². The summed E-state index contributed by atoms with van der Waals surface area (Å²) >= 11 is 0. The van der Waals surface area contributed by atoms with Gasteiger partial charge in [-0.15, -0.1) is 0 Å². The van der Waals surface area contributed by atoms with Crippen molar-refractivity contribution in [3.63, 3.8) is 0 Å². The summed E-state index contributed by atoms with van der Waals surface area (Å²) in [4.78, 5) is 11.1. The lowest BCUT2D eigenvalue weighted by Gasteiger charge is -2.42. The molecule has 2 fully saturated rings. The summed E-state index contributed by atoms with van der Waals surface area (Å²) in [7, 11) is 0. The van der Waals surface area contributed by atoms with Crippen LogP contribution in [0.25, 0.3) is 0 Å². The summed E-state index contributed by atoms with van der Waals surface area (Å²) in [5.41, 5.74) is 0. The van der Waals surface area contributed by atoms with E-state index in [0.29, 0.717) is 0 Å². The van der Waals surface area contributed by atoms with Gasteiger partial charge in [-0.3, -0.25) is 4.79 Å². The molecule has 10 atom stereocenters. The second kappa shape index (κ2) is 8.84. The van der Waals surface area contributed by atoms with Crippen LogP contribution in [0.3, 0.4) is 0 Å². The molecule has 2 rings (SSSR count). The van der Waals surface area contributed by atoms with Gasteiger partial charge in [0, 0.05) is 6.92 Å². The Kier molecular flexibility index (Phi) is 7.27. The van der Waals surface area contributed by atoms with Crippen LogP contribution in [0, 0.1) is 0 Å². The summed E-state index contributed by atoms with van der Waals surface area (Å²) in [6, 6.07) is -1.24. The molecule has 0 aliphatic carbocycles. The van der Waals surface area contributed by atoms with Gasteiger partial charge in [-0.25, -0.2) is 0 Å². The molecule has 0 unspecified atom stereocenters. The Hall–Kier alpha value is -0.930. The summed E-state index contributed by atoms with van der Waals surface area (Å²) in [5, 5.41) is 70.6. The first kappa shape index (κ1) is 21.4. The molecule has 0 saturated carbocycles. The van der Waals surface area contributed by atoms with Crippen molar-refractivity contribution in [1.29, 1.82) is 0 Å². The average Bonchev–Trinajstić information content (AvgIpc) is 2.59. The fraction of sp³-hybridized carbons (Fsp3) is 0.929. The Balaban J connectivity index is 1.95. The SMILES string of the molecule is CC(=O)N[C@H]1[C@@H](O)[C@@H](O)[C@@H](CO[C@@H]2O[C@H](CO)[C@H](O)[C@H](O)[C@@H]2O)O[C@H]1O. The molecular weight excluding hydrogens is 358 g/mol. The van der Waals surface area contributed by atoms with E-state index in [2.05, 4.69) is 5.32 Å². The Morgan fingerprint density at radius 1 is 0.923 bits per heavy atom. The van der Waals surface area contributed by atoms with Crippen LogP contribution in [-0.2, 0) is 19.0 Å². The molecule has 0 radical (unpaired) electrons. The first-order valence-corrected chi connectivity index (χ1v) is 8.06. The Morgan fingerprint density at radius 2 is 1.54 bits per heavy atom. The standard InChI is InChI=1S/C14H25NO11/c1-4(17)15-7-10(20)9(19)6(25-13(7)23)3-24-14-12(22)11(21)8(18)5(2-16)26-14/h5-14,16,18-23H,2-3H2,1H3,(H,15,17)/t5-,6-,7+,8+,9+,10-,11+,12+,13-,14-/m1/s1. The molecule has 2 aliphatic heterocycles. The van der Waals surface area contributed by atoms with E-state index in [0.717, 1.165) is 0 Å². The van der Waals surface area contributed by atoms with Crippen molar-refractivity contribution >= 4 is 5.91 Å². The molecule has 8 N–H and O–H groups in total. The quantitative estimate of drug-likeness (QED) is 0.226. The third-order valence-corrected chi connectivity index (χ3v) is 4.36. The number of amides is 1. The van der Waals surface area contributed by atoms with Crippen molar-refractivity contribution in [2.24, 2.45) is 0 Å². The Morgan fingerprint density at radius 3 is 2.12 bits per heavy atom. The van der Waals surface area contributed by atoms with Crippen LogP contribution in [-0.4, -0.2) is 116 Å². The Bertz CT molecular complexity index is 478. The lowest BCUT2D eigenvalue weighted by molar-refractivity contribution is -0.318. The third kappa shape index (κ3) is 4.48. The highest BCUT2D eigenvalue weighted by molar-refractivity contribution is 5.73. The number of hydrogen-bond donors (Lipinski definition) is 8. The smallest absolute Gasteiger partial charge is 0.217 e. The monoisotopic (exact) mass is 383 g/mol. The normalized spacial score (nSPS) is 46.8. The molecule has 12 heteroatoms. The van der Waals surface area contributed by atoms with E-state index in [-0.39, 0.29) is 0 Å². The summed E-state index contributed by atoms with van der Waals surface area (Å²) in [6.07, 6.45) is -13.4. The molecule has 2 saturated heterocycles. The van der Waals surface area contributed by atoms with Crippen LogP contribution in [0.2, 0.25) is 0 Å². The number of ether oxygens (including phenoxy) is 3. The molecule has 2 aliphatic rings. The van der Waals surface area contributed by atoms with Crippen molar-refractivity contribution in [2.45, 2.75) is 68.3 Å². The van der Waals surface area contributed by atoms with Crippen molar-refractivity contribution in [3.05, 3.63) is 0 Å². The van der Waals surface area contributed by atoms with Crippen LogP contribution < -0.4 is 5.32 Å². The van der Waals surface area contributed by atoms with Gasteiger partial charge in [0.15, 0.2) is 12.6 Å². The maximum absolute atomic E-state index is 11.1. The highest BCUT2D eigenvalue weighted by Crippen LogP contribution is 2.24. The van der Waals surface area contributed by atoms with Crippen LogP contribution >= 0.6 is 0 Å². The number of carbonyl (C=O) groups is 1. The van der Waals surface area contributed by atoms with E-state index in [1.165, 1.54) is 6.92 Å². The van der Waals surface area contributed by atoms with Crippen molar-refractivity contribution in [1.82, 2.24) is 5.32 Å². The molecule has 0 aromatic carbocycles. The van der Waals surface area contributed by atoms with Gasteiger partial charge in [-0.1, -0.05) is 0 Å². The van der Waals surface area contributed by atoms with E-state index in [4.69, 9.17) is 19.3 Å². The fourth-order valence-electron chi connectivity index (χ4n) is 2.87. The zero-order valence-corrected chi connectivity index (χ0v) is 14.0. The minimum absolute atomic E-state index is 0.467. The maximum atomic E-state index is 11.1. The zero-order valence-electron chi connectivity index (χ0n) is 14.0. The predicted molar refractivity (Wildman–Crippen MR) is 80.2 cm³/mol. The highest BCUT2D eigenvalue weighted by atomic mass is 16.7. The highest BCUT2D eigenvalue weighted by Gasteiger charge is 2.47. The lowest BCUT2D eigenvalue weighted by Crippen LogP contribution is -2.64. The lowest BCUT2D eigenvalue weighted by atomic mass is 9.97. The van der Waals surface area contributed by atoms with Crippen molar-refractivity contribution in [3.8, 4) is 0 Å². The van der Waals surface area contributed by atoms with E-state index >= 15 is 0 Å². The molecule has 0 bridgehead atoms.